The fourth-order valence-corrected chi connectivity index (χ4v) is 1.69. The molecule has 1 atom stereocenters. The molecule has 0 saturated heterocycles. The molecular formula is C10H19NO. The summed E-state index contributed by atoms with van der Waals surface area (Å²) in [6, 6.07) is 0.316. The first-order chi connectivity index (χ1) is 5.83. The van der Waals surface area contributed by atoms with E-state index in [1.165, 1.54) is 24.8 Å². The number of allylic oxidation sites excluding steroid dienone is 1. The van der Waals surface area contributed by atoms with Crippen LogP contribution in [0.15, 0.2) is 11.6 Å². The molecule has 0 aromatic carbocycles. The second-order valence-corrected chi connectivity index (χ2v) is 3.48. The van der Waals surface area contributed by atoms with Crippen LogP contribution in [0.3, 0.4) is 0 Å². The van der Waals surface area contributed by atoms with Gasteiger partial charge in [-0.2, -0.15) is 0 Å². The van der Waals surface area contributed by atoms with E-state index in [0.717, 1.165) is 19.4 Å². The summed E-state index contributed by atoms with van der Waals surface area (Å²) in [5.41, 5.74) is 7.35. The fourth-order valence-electron chi connectivity index (χ4n) is 1.69. The van der Waals surface area contributed by atoms with Crippen LogP contribution < -0.4 is 5.73 Å². The molecule has 0 radical (unpaired) electrons. The molecule has 0 spiro atoms. The van der Waals surface area contributed by atoms with Crippen molar-refractivity contribution in [2.45, 2.75) is 38.1 Å². The molecule has 1 aliphatic carbocycles. The average Bonchev–Trinajstić information content (AvgIpc) is 2.05. The van der Waals surface area contributed by atoms with Crippen molar-refractivity contribution in [2.75, 3.05) is 13.7 Å². The highest BCUT2D eigenvalue weighted by atomic mass is 16.5. The summed E-state index contributed by atoms with van der Waals surface area (Å²) in [4.78, 5) is 0. The number of hydrogen-bond donors (Lipinski definition) is 1. The lowest BCUT2D eigenvalue weighted by atomic mass is 9.93. The third kappa shape index (κ3) is 3.37. The van der Waals surface area contributed by atoms with Crippen LogP contribution in [0.5, 0.6) is 0 Å². The number of rotatable bonds is 4. The Labute approximate surface area is 74.8 Å². The van der Waals surface area contributed by atoms with E-state index in [2.05, 4.69) is 6.08 Å². The first-order valence-corrected chi connectivity index (χ1v) is 4.77. The molecule has 12 heavy (non-hydrogen) atoms. The van der Waals surface area contributed by atoms with E-state index in [1.807, 2.05) is 0 Å². The Balaban J connectivity index is 2.21. The van der Waals surface area contributed by atoms with Crippen molar-refractivity contribution in [3.05, 3.63) is 11.6 Å². The number of hydrogen-bond acceptors (Lipinski definition) is 2. The van der Waals surface area contributed by atoms with Gasteiger partial charge < -0.3 is 10.5 Å². The fraction of sp³-hybridized carbons (Fsp3) is 0.800. The first-order valence-electron chi connectivity index (χ1n) is 4.77. The van der Waals surface area contributed by atoms with Gasteiger partial charge in [0, 0.05) is 19.8 Å². The van der Waals surface area contributed by atoms with Crippen LogP contribution in [0, 0.1) is 0 Å². The monoisotopic (exact) mass is 169 g/mol. The van der Waals surface area contributed by atoms with E-state index in [0.29, 0.717) is 6.04 Å². The molecule has 2 nitrogen and oxygen atoms in total. The number of methoxy groups -OCH3 is 1. The van der Waals surface area contributed by atoms with Gasteiger partial charge >= 0.3 is 0 Å². The van der Waals surface area contributed by atoms with E-state index >= 15 is 0 Å². The normalized spacial score (nSPS) is 23.8. The summed E-state index contributed by atoms with van der Waals surface area (Å²) in [5, 5.41) is 0. The first kappa shape index (κ1) is 9.75. The molecular weight excluding hydrogens is 150 g/mol. The minimum Gasteiger partial charge on any atom is -0.385 e. The van der Waals surface area contributed by atoms with Gasteiger partial charge in [-0.1, -0.05) is 11.6 Å². The summed E-state index contributed by atoms with van der Waals surface area (Å²) in [6.45, 7) is 0.868. The SMILES string of the molecule is COCCCC1=CC(N)CCC1. The third-order valence-corrected chi connectivity index (χ3v) is 2.33. The topological polar surface area (TPSA) is 35.2 Å². The lowest BCUT2D eigenvalue weighted by Crippen LogP contribution is -2.20. The van der Waals surface area contributed by atoms with Crippen molar-refractivity contribution in [3.8, 4) is 0 Å². The second-order valence-electron chi connectivity index (χ2n) is 3.48. The van der Waals surface area contributed by atoms with Crippen LogP contribution in [0.2, 0.25) is 0 Å². The number of nitrogens with two attached hydrogens (primary N) is 1. The van der Waals surface area contributed by atoms with Crippen molar-refractivity contribution in [3.63, 3.8) is 0 Å². The molecule has 0 bridgehead atoms. The molecule has 0 heterocycles. The molecule has 1 rings (SSSR count). The Bertz CT molecular complexity index is 154. The minimum absolute atomic E-state index is 0.316. The Morgan fingerprint density at radius 3 is 3.17 bits per heavy atom. The molecule has 0 aliphatic heterocycles. The van der Waals surface area contributed by atoms with Gasteiger partial charge in [0.1, 0.15) is 0 Å². The largest absolute Gasteiger partial charge is 0.385 e. The molecule has 1 unspecified atom stereocenters. The Morgan fingerprint density at radius 2 is 2.50 bits per heavy atom. The quantitative estimate of drug-likeness (QED) is 0.515. The van der Waals surface area contributed by atoms with E-state index < -0.39 is 0 Å². The second kappa shape index (κ2) is 5.33. The van der Waals surface area contributed by atoms with Crippen LogP contribution in [0.25, 0.3) is 0 Å². The van der Waals surface area contributed by atoms with Crippen molar-refractivity contribution in [2.24, 2.45) is 5.73 Å². The molecule has 0 saturated carbocycles. The maximum Gasteiger partial charge on any atom is 0.0465 e. The van der Waals surface area contributed by atoms with Gasteiger partial charge in [-0.05, 0) is 32.1 Å². The van der Waals surface area contributed by atoms with E-state index in [9.17, 15) is 0 Å². The van der Waals surface area contributed by atoms with Crippen molar-refractivity contribution >= 4 is 0 Å². The molecule has 2 heteroatoms. The minimum atomic E-state index is 0.316. The van der Waals surface area contributed by atoms with Gasteiger partial charge in [0.25, 0.3) is 0 Å². The average molecular weight is 169 g/mol. The third-order valence-electron chi connectivity index (χ3n) is 2.33. The highest BCUT2D eigenvalue weighted by Gasteiger charge is 2.08. The molecule has 0 amide bonds. The Kier molecular flexibility index (Phi) is 4.33. The van der Waals surface area contributed by atoms with Crippen LogP contribution in [0.1, 0.15) is 32.1 Å². The lowest BCUT2D eigenvalue weighted by molar-refractivity contribution is 0.194. The maximum atomic E-state index is 5.82. The summed E-state index contributed by atoms with van der Waals surface area (Å²) in [5.74, 6) is 0. The lowest BCUT2D eigenvalue weighted by Gasteiger charge is -2.17. The zero-order valence-electron chi connectivity index (χ0n) is 7.88. The van der Waals surface area contributed by atoms with Crippen LogP contribution in [-0.4, -0.2) is 19.8 Å². The van der Waals surface area contributed by atoms with E-state index in [-0.39, 0.29) is 0 Å². The van der Waals surface area contributed by atoms with E-state index in [4.69, 9.17) is 10.5 Å². The Morgan fingerprint density at radius 1 is 1.67 bits per heavy atom. The van der Waals surface area contributed by atoms with Gasteiger partial charge in [-0.25, -0.2) is 0 Å². The van der Waals surface area contributed by atoms with Crippen molar-refractivity contribution in [1.82, 2.24) is 0 Å². The van der Waals surface area contributed by atoms with Gasteiger partial charge in [0.15, 0.2) is 0 Å². The zero-order chi connectivity index (χ0) is 8.81. The number of ether oxygens (including phenoxy) is 1. The standard InChI is InChI=1S/C10H19NO/c1-12-7-3-5-9-4-2-6-10(11)8-9/h8,10H,2-7,11H2,1H3. The predicted octanol–water partition coefficient (Wildman–Crippen LogP) is 1.85. The van der Waals surface area contributed by atoms with Gasteiger partial charge in [-0.3, -0.25) is 0 Å². The Hall–Kier alpha value is -0.340. The van der Waals surface area contributed by atoms with Crippen LogP contribution in [-0.2, 0) is 4.74 Å². The molecule has 1 aliphatic rings. The summed E-state index contributed by atoms with van der Waals surface area (Å²) < 4.78 is 5.00. The predicted molar refractivity (Wildman–Crippen MR) is 51.0 cm³/mol. The molecule has 0 aromatic rings. The maximum absolute atomic E-state index is 5.82. The highest BCUT2D eigenvalue weighted by molar-refractivity contribution is 5.09. The van der Waals surface area contributed by atoms with Crippen molar-refractivity contribution < 1.29 is 4.74 Å². The summed E-state index contributed by atoms with van der Waals surface area (Å²) >= 11 is 0. The van der Waals surface area contributed by atoms with Crippen molar-refractivity contribution in [1.29, 1.82) is 0 Å². The molecule has 70 valence electrons. The molecule has 2 N–H and O–H groups in total. The van der Waals surface area contributed by atoms with E-state index in [1.54, 1.807) is 7.11 Å². The van der Waals surface area contributed by atoms with Crippen LogP contribution in [0.4, 0.5) is 0 Å². The summed E-state index contributed by atoms with van der Waals surface area (Å²) in [6.07, 6.45) is 8.21. The molecule has 0 aromatic heterocycles. The zero-order valence-corrected chi connectivity index (χ0v) is 7.88. The van der Waals surface area contributed by atoms with Crippen LogP contribution >= 0.6 is 0 Å². The van der Waals surface area contributed by atoms with Gasteiger partial charge in [0.05, 0.1) is 0 Å². The van der Waals surface area contributed by atoms with Gasteiger partial charge in [-0.15, -0.1) is 0 Å². The smallest absolute Gasteiger partial charge is 0.0465 e. The highest BCUT2D eigenvalue weighted by Crippen LogP contribution is 2.20. The molecule has 0 fully saturated rings. The van der Waals surface area contributed by atoms with Gasteiger partial charge in [0.2, 0.25) is 0 Å². The summed E-state index contributed by atoms with van der Waals surface area (Å²) in [7, 11) is 1.75.